The van der Waals surface area contributed by atoms with Crippen LogP contribution in [-0.2, 0) is 4.79 Å². The summed E-state index contributed by atoms with van der Waals surface area (Å²) in [5.74, 6) is -1.60. The smallest absolute Gasteiger partial charge is 0.270 e. The Morgan fingerprint density at radius 1 is 1.07 bits per heavy atom. The topological polar surface area (TPSA) is 122 Å². The van der Waals surface area contributed by atoms with Crippen molar-refractivity contribution >= 4 is 40.7 Å². The number of carbonyl (C=O) groups excluding carboxylic acids is 3. The van der Waals surface area contributed by atoms with Crippen LogP contribution in [0.2, 0.25) is 5.02 Å². The summed E-state index contributed by atoms with van der Waals surface area (Å²) in [5.41, 5.74) is 0.0678. The van der Waals surface area contributed by atoms with Gasteiger partial charge < -0.3 is 10.6 Å². The molecule has 0 saturated carbocycles. The molecule has 2 rings (SSSR count). The van der Waals surface area contributed by atoms with Crippen molar-refractivity contribution in [2.45, 2.75) is 0 Å². The summed E-state index contributed by atoms with van der Waals surface area (Å²) < 4.78 is 0. The number of anilines is 1. The first-order valence-corrected chi connectivity index (χ1v) is 8.45. The van der Waals surface area contributed by atoms with Crippen LogP contribution < -0.4 is 15.5 Å². The zero-order valence-corrected chi connectivity index (χ0v) is 15.8. The highest BCUT2D eigenvalue weighted by Gasteiger charge is 2.26. The van der Waals surface area contributed by atoms with Gasteiger partial charge >= 0.3 is 0 Å². The van der Waals surface area contributed by atoms with E-state index in [-0.39, 0.29) is 34.1 Å². The number of nitro benzene ring substituents is 1. The molecule has 0 radical (unpaired) electrons. The summed E-state index contributed by atoms with van der Waals surface area (Å²) in [4.78, 5) is 48.6. The Balaban J connectivity index is 2.56. The lowest BCUT2D eigenvalue weighted by molar-refractivity contribution is -0.384. The molecular weight excluding hydrogens is 388 g/mol. The van der Waals surface area contributed by atoms with E-state index < -0.39 is 22.6 Å². The monoisotopic (exact) mass is 404 g/mol. The SMILES string of the molecule is CNC(=O)CN(C(=O)c1ccc([N+](=O)[O-])cc1Cl)c1ccccc1C(=O)NC. The normalized spacial score (nSPS) is 10.1. The van der Waals surface area contributed by atoms with Crippen molar-refractivity contribution in [3.63, 3.8) is 0 Å². The molecule has 9 nitrogen and oxygen atoms in total. The molecule has 0 atom stereocenters. The predicted octanol–water partition coefficient (Wildman–Crippen LogP) is 2.00. The van der Waals surface area contributed by atoms with Crippen molar-refractivity contribution in [3.8, 4) is 0 Å². The molecule has 2 aromatic carbocycles. The number of halogens is 1. The average Bonchev–Trinajstić information content (AvgIpc) is 2.70. The van der Waals surface area contributed by atoms with Gasteiger partial charge in [-0.3, -0.25) is 29.4 Å². The predicted molar refractivity (Wildman–Crippen MR) is 104 cm³/mol. The second-order valence-electron chi connectivity index (χ2n) is 5.58. The first-order chi connectivity index (χ1) is 13.3. The van der Waals surface area contributed by atoms with E-state index in [1.165, 1.54) is 32.3 Å². The Bertz CT molecular complexity index is 947. The Labute approximate surface area is 165 Å². The van der Waals surface area contributed by atoms with Gasteiger partial charge in [0.15, 0.2) is 0 Å². The van der Waals surface area contributed by atoms with Crippen LogP contribution in [0.1, 0.15) is 20.7 Å². The standard InChI is InChI=1S/C18H17ClN4O5/c1-20-16(24)10-22(15-6-4-3-5-13(15)17(25)21-2)18(26)12-8-7-11(23(27)28)9-14(12)19/h3-9H,10H2,1-2H3,(H,20,24)(H,21,25). The Kier molecular flexibility index (Phi) is 6.67. The fourth-order valence-electron chi connectivity index (χ4n) is 2.46. The molecule has 0 fully saturated rings. The fraction of sp³-hybridized carbons (Fsp3) is 0.167. The van der Waals surface area contributed by atoms with E-state index in [9.17, 15) is 24.5 Å². The van der Waals surface area contributed by atoms with Gasteiger partial charge in [-0.1, -0.05) is 23.7 Å². The molecule has 3 amide bonds. The number of nitrogens with zero attached hydrogens (tertiary/aromatic N) is 2. The average molecular weight is 405 g/mol. The van der Waals surface area contributed by atoms with Crippen LogP contribution in [0.15, 0.2) is 42.5 Å². The quantitative estimate of drug-likeness (QED) is 0.563. The first-order valence-electron chi connectivity index (χ1n) is 8.07. The van der Waals surface area contributed by atoms with Crippen LogP contribution in [0.4, 0.5) is 11.4 Å². The number of para-hydroxylation sites is 1. The maximum Gasteiger partial charge on any atom is 0.270 e. The zero-order chi connectivity index (χ0) is 20.8. The van der Waals surface area contributed by atoms with Crippen LogP contribution in [-0.4, -0.2) is 43.3 Å². The first kappa shape index (κ1) is 20.8. The molecule has 10 heteroatoms. The summed E-state index contributed by atoms with van der Waals surface area (Å²) in [6.07, 6.45) is 0. The molecule has 0 aromatic heterocycles. The molecule has 0 spiro atoms. The summed E-state index contributed by atoms with van der Waals surface area (Å²) in [6, 6.07) is 9.67. The highest BCUT2D eigenvalue weighted by Crippen LogP contribution is 2.27. The van der Waals surface area contributed by atoms with E-state index in [4.69, 9.17) is 11.6 Å². The number of amides is 3. The number of carbonyl (C=O) groups is 3. The van der Waals surface area contributed by atoms with E-state index in [2.05, 4.69) is 10.6 Å². The van der Waals surface area contributed by atoms with Crippen LogP contribution in [0.5, 0.6) is 0 Å². The van der Waals surface area contributed by atoms with E-state index in [1.54, 1.807) is 12.1 Å². The lowest BCUT2D eigenvalue weighted by Gasteiger charge is -2.24. The Hall–Kier alpha value is -3.46. The Morgan fingerprint density at radius 3 is 2.32 bits per heavy atom. The van der Waals surface area contributed by atoms with Crippen LogP contribution in [0.3, 0.4) is 0 Å². The lowest BCUT2D eigenvalue weighted by atomic mass is 10.1. The summed E-state index contributed by atoms with van der Waals surface area (Å²) in [5, 5.41) is 15.6. The second-order valence-corrected chi connectivity index (χ2v) is 5.99. The molecule has 0 unspecified atom stereocenters. The Morgan fingerprint density at radius 2 is 1.75 bits per heavy atom. The molecule has 0 saturated heterocycles. The molecule has 2 aromatic rings. The molecule has 28 heavy (non-hydrogen) atoms. The maximum atomic E-state index is 13.1. The number of non-ortho nitro benzene ring substituents is 1. The lowest BCUT2D eigenvalue weighted by Crippen LogP contribution is -2.41. The van der Waals surface area contributed by atoms with Crippen molar-refractivity contribution in [3.05, 3.63) is 68.7 Å². The number of benzene rings is 2. The van der Waals surface area contributed by atoms with Gasteiger partial charge in [0.2, 0.25) is 5.91 Å². The zero-order valence-electron chi connectivity index (χ0n) is 15.1. The van der Waals surface area contributed by atoms with Gasteiger partial charge in [-0.15, -0.1) is 0 Å². The molecule has 146 valence electrons. The number of hydrogen-bond acceptors (Lipinski definition) is 5. The minimum Gasteiger partial charge on any atom is -0.358 e. The van der Waals surface area contributed by atoms with Crippen LogP contribution in [0.25, 0.3) is 0 Å². The number of nitro groups is 1. The van der Waals surface area contributed by atoms with E-state index in [1.807, 2.05) is 0 Å². The third-order valence-electron chi connectivity index (χ3n) is 3.89. The fourth-order valence-corrected chi connectivity index (χ4v) is 2.72. The molecule has 0 aliphatic rings. The van der Waals surface area contributed by atoms with E-state index >= 15 is 0 Å². The molecule has 0 aliphatic heterocycles. The molecular formula is C18H17ClN4O5. The number of nitrogens with one attached hydrogen (secondary N) is 2. The maximum absolute atomic E-state index is 13.1. The minimum atomic E-state index is -0.681. The summed E-state index contributed by atoms with van der Waals surface area (Å²) in [6.45, 7) is -0.378. The summed E-state index contributed by atoms with van der Waals surface area (Å²) >= 11 is 6.07. The van der Waals surface area contributed by atoms with Crippen molar-refractivity contribution in [1.29, 1.82) is 0 Å². The molecule has 0 bridgehead atoms. The van der Waals surface area contributed by atoms with E-state index in [0.717, 1.165) is 17.0 Å². The van der Waals surface area contributed by atoms with Crippen molar-refractivity contribution in [2.24, 2.45) is 0 Å². The van der Waals surface area contributed by atoms with Crippen LogP contribution >= 0.6 is 11.6 Å². The number of rotatable bonds is 6. The van der Waals surface area contributed by atoms with E-state index in [0.29, 0.717) is 0 Å². The van der Waals surface area contributed by atoms with Crippen molar-refractivity contribution in [2.75, 3.05) is 25.5 Å². The highest BCUT2D eigenvalue weighted by atomic mass is 35.5. The van der Waals surface area contributed by atoms with Crippen molar-refractivity contribution in [1.82, 2.24) is 10.6 Å². The van der Waals surface area contributed by atoms with Gasteiger partial charge in [0.25, 0.3) is 17.5 Å². The minimum absolute atomic E-state index is 0.0390. The van der Waals surface area contributed by atoms with Gasteiger partial charge in [0.1, 0.15) is 6.54 Å². The largest absolute Gasteiger partial charge is 0.358 e. The molecule has 0 heterocycles. The second kappa shape index (κ2) is 8.96. The molecule has 2 N–H and O–H groups in total. The van der Waals surface area contributed by atoms with Gasteiger partial charge in [0.05, 0.1) is 26.8 Å². The summed E-state index contributed by atoms with van der Waals surface area (Å²) in [7, 11) is 2.85. The number of likely N-dealkylation sites (N-methyl/N-ethyl adjacent to an activating group) is 1. The number of hydrogen-bond donors (Lipinski definition) is 2. The van der Waals surface area contributed by atoms with Crippen LogP contribution in [0, 0.1) is 10.1 Å². The highest BCUT2D eigenvalue weighted by molar-refractivity contribution is 6.35. The van der Waals surface area contributed by atoms with Gasteiger partial charge in [-0.2, -0.15) is 0 Å². The third-order valence-corrected chi connectivity index (χ3v) is 4.20. The third kappa shape index (κ3) is 4.44. The van der Waals surface area contributed by atoms with Gasteiger partial charge in [-0.05, 0) is 18.2 Å². The van der Waals surface area contributed by atoms with Crippen molar-refractivity contribution < 1.29 is 19.3 Å². The van der Waals surface area contributed by atoms with Gasteiger partial charge in [0, 0.05) is 26.2 Å². The van der Waals surface area contributed by atoms with Gasteiger partial charge in [-0.25, -0.2) is 0 Å². The molecule has 0 aliphatic carbocycles.